The largest absolute Gasteiger partial charge is 0.443 e. The van der Waals surface area contributed by atoms with E-state index < -0.39 is 11.7 Å². The molecule has 0 amide bonds. The summed E-state index contributed by atoms with van der Waals surface area (Å²) in [5, 5.41) is 0.461. The maximum absolute atomic E-state index is 12.2. The number of ether oxygens (including phenoxy) is 1. The fourth-order valence-electron chi connectivity index (χ4n) is 1.55. The maximum atomic E-state index is 12.2. The Balaban J connectivity index is 2.51. The molecule has 0 bridgehead atoms. The number of rotatable bonds is 1. The van der Waals surface area contributed by atoms with E-state index in [0.29, 0.717) is 22.3 Å². The summed E-state index contributed by atoms with van der Waals surface area (Å²) >= 11 is 3.32. The molecule has 0 fully saturated rings. The molecule has 0 N–H and O–H groups in total. The van der Waals surface area contributed by atoms with E-state index in [1.54, 1.807) is 12.3 Å². The van der Waals surface area contributed by atoms with Gasteiger partial charge in [0.15, 0.2) is 5.65 Å². The van der Waals surface area contributed by atoms with E-state index in [9.17, 15) is 4.79 Å². The lowest BCUT2D eigenvalue weighted by Gasteiger charge is -2.20. The highest BCUT2D eigenvalue weighted by atomic mass is 79.9. The first-order valence-corrected chi connectivity index (χ1v) is 6.66. The first-order chi connectivity index (χ1) is 8.42. The van der Waals surface area contributed by atoms with Crippen molar-refractivity contribution in [1.82, 2.24) is 14.5 Å². The average Bonchev–Trinajstić information content (AvgIpc) is 2.64. The fraction of sp³-hybridized carbons (Fsp3) is 0.417. The fourth-order valence-corrected chi connectivity index (χ4v) is 1.92. The van der Waals surface area contributed by atoms with Gasteiger partial charge in [-0.1, -0.05) is 15.9 Å². The summed E-state index contributed by atoms with van der Waals surface area (Å²) in [7, 11) is 0. The van der Waals surface area contributed by atoms with Crippen molar-refractivity contribution >= 4 is 33.2 Å². The lowest BCUT2D eigenvalue weighted by molar-refractivity contribution is 0.0539. The normalized spacial score (nSPS) is 11.8. The van der Waals surface area contributed by atoms with Gasteiger partial charge in [0.1, 0.15) is 16.9 Å². The summed E-state index contributed by atoms with van der Waals surface area (Å²) < 4.78 is 6.75. The summed E-state index contributed by atoms with van der Waals surface area (Å²) in [5.74, 6) is 0.581. The van der Waals surface area contributed by atoms with Gasteiger partial charge in [-0.15, -0.1) is 0 Å². The minimum atomic E-state index is -0.550. The van der Waals surface area contributed by atoms with E-state index in [1.807, 2.05) is 26.8 Å². The predicted molar refractivity (Wildman–Crippen MR) is 71.8 cm³/mol. The molecule has 0 aliphatic rings. The van der Waals surface area contributed by atoms with Crippen molar-refractivity contribution in [1.29, 1.82) is 0 Å². The highest BCUT2D eigenvalue weighted by Crippen LogP contribution is 2.18. The number of hydrogen-bond donors (Lipinski definition) is 0. The zero-order valence-corrected chi connectivity index (χ0v) is 12.1. The molecule has 2 heterocycles. The SMILES string of the molecule is CC(C)(C)OC(=O)n1c(CBr)nc2cccnc21. The van der Waals surface area contributed by atoms with Crippen molar-refractivity contribution in [2.24, 2.45) is 0 Å². The molecule has 0 radical (unpaired) electrons. The van der Waals surface area contributed by atoms with Crippen molar-refractivity contribution < 1.29 is 9.53 Å². The average molecular weight is 312 g/mol. The molecule has 0 aliphatic carbocycles. The van der Waals surface area contributed by atoms with Crippen molar-refractivity contribution in [3.8, 4) is 0 Å². The molecule has 0 unspecified atom stereocenters. The number of nitrogens with zero attached hydrogens (tertiary/aromatic N) is 3. The molecule has 0 spiro atoms. The number of alkyl halides is 1. The van der Waals surface area contributed by atoms with Crippen molar-refractivity contribution in [2.45, 2.75) is 31.7 Å². The third kappa shape index (κ3) is 2.53. The van der Waals surface area contributed by atoms with Gasteiger partial charge >= 0.3 is 6.09 Å². The monoisotopic (exact) mass is 311 g/mol. The molecule has 18 heavy (non-hydrogen) atoms. The number of imidazole rings is 1. The second-order valence-electron chi connectivity index (χ2n) is 4.82. The zero-order valence-electron chi connectivity index (χ0n) is 10.5. The number of hydrogen-bond acceptors (Lipinski definition) is 4. The molecular formula is C12H14BrN3O2. The van der Waals surface area contributed by atoms with Gasteiger partial charge in [-0.25, -0.2) is 19.3 Å². The molecule has 2 aromatic rings. The van der Waals surface area contributed by atoms with Crippen LogP contribution in [0.25, 0.3) is 11.2 Å². The van der Waals surface area contributed by atoms with Gasteiger partial charge in [0.2, 0.25) is 0 Å². The van der Waals surface area contributed by atoms with Gasteiger partial charge in [0.25, 0.3) is 0 Å². The van der Waals surface area contributed by atoms with Crippen LogP contribution in [0.15, 0.2) is 18.3 Å². The molecule has 0 saturated carbocycles. The van der Waals surface area contributed by atoms with E-state index in [1.165, 1.54) is 4.57 Å². The van der Waals surface area contributed by atoms with Gasteiger partial charge in [-0.2, -0.15) is 0 Å². The Morgan fingerprint density at radius 3 is 2.83 bits per heavy atom. The van der Waals surface area contributed by atoms with Crippen molar-refractivity contribution in [2.75, 3.05) is 0 Å². The van der Waals surface area contributed by atoms with Crippen LogP contribution in [-0.4, -0.2) is 26.2 Å². The Bertz CT molecular complexity index is 587. The van der Waals surface area contributed by atoms with Crippen LogP contribution in [0.3, 0.4) is 0 Å². The molecule has 96 valence electrons. The Morgan fingerprint density at radius 2 is 2.22 bits per heavy atom. The second kappa shape index (κ2) is 4.68. The Kier molecular flexibility index (Phi) is 3.38. The quantitative estimate of drug-likeness (QED) is 0.759. The third-order valence-corrected chi connectivity index (χ3v) is 2.68. The number of halogens is 1. The Morgan fingerprint density at radius 1 is 1.50 bits per heavy atom. The minimum Gasteiger partial charge on any atom is -0.443 e. The van der Waals surface area contributed by atoms with Crippen LogP contribution >= 0.6 is 15.9 Å². The van der Waals surface area contributed by atoms with Gasteiger partial charge in [0, 0.05) is 6.20 Å². The second-order valence-corrected chi connectivity index (χ2v) is 5.38. The summed E-state index contributed by atoms with van der Waals surface area (Å²) in [6.07, 6.45) is 1.17. The van der Waals surface area contributed by atoms with Gasteiger partial charge in [-0.05, 0) is 32.9 Å². The van der Waals surface area contributed by atoms with Crippen LogP contribution in [0.4, 0.5) is 4.79 Å². The van der Waals surface area contributed by atoms with E-state index >= 15 is 0 Å². The van der Waals surface area contributed by atoms with Crippen LogP contribution in [0.1, 0.15) is 26.6 Å². The minimum absolute atomic E-state index is 0.460. The topological polar surface area (TPSA) is 57.0 Å². The highest BCUT2D eigenvalue weighted by molar-refractivity contribution is 9.08. The highest BCUT2D eigenvalue weighted by Gasteiger charge is 2.23. The maximum Gasteiger partial charge on any atom is 0.421 e. The molecular weight excluding hydrogens is 298 g/mol. The molecule has 0 aromatic carbocycles. The number of aromatic nitrogens is 3. The third-order valence-electron chi connectivity index (χ3n) is 2.18. The van der Waals surface area contributed by atoms with E-state index in [4.69, 9.17) is 4.74 Å². The van der Waals surface area contributed by atoms with Crippen LogP contribution < -0.4 is 0 Å². The molecule has 6 heteroatoms. The number of carbonyl (C=O) groups is 1. The Hall–Kier alpha value is -1.43. The molecule has 2 aromatic heterocycles. The number of pyridine rings is 1. The molecule has 5 nitrogen and oxygen atoms in total. The van der Waals surface area contributed by atoms with Crippen molar-refractivity contribution in [3.05, 3.63) is 24.2 Å². The lowest BCUT2D eigenvalue weighted by Crippen LogP contribution is -2.28. The standard InChI is InChI=1S/C12H14BrN3O2/c1-12(2,3)18-11(17)16-9(7-13)15-8-5-4-6-14-10(8)16/h4-6H,7H2,1-3H3. The Labute approximate surface area is 113 Å². The summed E-state index contributed by atoms with van der Waals surface area (Å²) in [5.41, 5.74) is 0.644. The molecule has 0 atom stereocenters. The first kappa shape index (κ1) is 13.0. The summed E-state index contributed by atoms with van der Waals surface area (Å²) in [4.78, 5) is 20.7. The smallest absolute Gasteiger partial charge is 0.421 e. The molecule has 2 rings (SSSR count). The lowest BCUT2D eigenvalue weighted by atomic mass is 10.2. The van der Waals surface area contributed by atoms with Gasteiger partial charge in [-0.3, -0.25) is 0 Å². The van der Waals surface area contributed by atoms with Crippen LogP contribution in [-0.2, 0) is 10.1 Å². The summed E-state index contributed by atoms with van der Waals surface area (Å²) in [6, 6.07) is 3.60. The zero-order chi connectivity index (χ0) is 13.3. The van der Waals surface area contributed by atoms with Crippen LogP contribution in [0.2, 0.25) is 0 Å². The van der Waals surface area contributed by atoms with Crippen LogP contribution in [0, 0.1) is 0 Å². The van der Waals surface area contributed by atoms with E-state index in [-0.39, 0.29) is 0 Å². The van der Waals surface area contributed by atoms with Gasteiger partial charge in [0.05, 0.1) is 5.33 Å². The molecule has 0 saturated heterocycles. The molecule has 0 aliphatic heterocycles. The summed E-state index contributed by atoms with van der Waals surface area (Å²) in [6.45, 7) is 5.47. The number of carbonyl (C=O) groups excluding carboxylic acids is 1. The van der Waals surface area contributed by atoms with E-state index in [2.05, 4.69) is 25.9 Å². The predicted octanol–water partition coefficient (Wildman–Crippen LogP) is 3.11. The first-order valence-electron chi connectivity index (χ1n) is 5.54. The number of fused-ring (bicyclic) bond motifs is 1. The van der Waals surface area contributed by atoms with E-state index in [0.717, 1.165) is 0 Å². The van der Waals surface area contributed by atoms with Crippen molar-refractivity contribution in [3.63, 3.8) is 0 Å². The van der Waals surface area contributed by atoms with Crippen LogP contribution in [0.5, 0.6) is 0 Å². The van der Waals surface area contributed by atoms with Gasteiger partial charge < -0.3 is 4.74 Å².